The van der Waals surface area contributed by atoms with Crippen molar-refractivity contribution in [1.29, 1.82) is 0 Å². The minimum absolute atomic E-state index is 0.107. The lowest BCUT2D eigenvalue weighted by Gasteiger charge is -2.11. The van der Waals surface area contributed by atoms with Crippen LogP contribution < -0.4 is 10.6 Å². The van der Waals surface area contributed by atoms with E-state index in [1.54, 1.807) is 11.3 Å². The molecule has 1 unspecified atom stereocenters. The van der Waals surface area contributed by atoms with Crippen molar-refractivity contribution in [2.24, 2.45) is 0 Å². The summed E-state index contributed by atoms with van der Waals surface area (Å²) in [4.78, 5) is 14.1. The fourth-order valence-electron chi connectivity index (χ4n) is 1.79. The molecule has 2 rings (SSSR count). The Bertz CT molecular complexity index is 378. The molecule has 1 fully saturated rings. The molecule has 4 nitrogen and oxygen atoms in total. The van der Waals surface area contributed by atoms with Crippen LogP contribution in [0.4, 0.5) is 4.79 Å². The molecule has 0 bridgehead atoms. The molecule has 1 aromatic rings. The lowest BCUT2D eigenvalue weighted by molar-refractivity contribution is 0.188. The number of aryl methyl sites for hydroxylation is 2. The Kier molecular flexibility index (Phi) is 4.02. The number of carbonyl (C=O) groups is 1. The first-order valence-corrected chi connectivity index (χ1v) is 6.65. The monoisotopic (exact) mass is 254 g/mol. The number of hydrogen-bond acceptors (Lipinski definition) is 3. The lowest BCUT2D eigenvalue weighted by Crippen LogP contribution is -2.41. The van der Waals surface area contributed by atoms with E-state index >= 15 is 0 Å². The summed E-state index contributed by atoms with van der Waals surface area (Å²) in [7, 11) is 0. The highest BCUT2D eigenvalue weighted by molar-refractivity contribution is 7.12. The second kappa shape index (κ2) is 5.51. The van der Waals surface area contributed by atoms with Gasteiger partial charge in [-0.1, -0.05) is 0 Å². The molecule has 1 aliphatic rings. The maximum atomic E-state index is 11.6. The van der Waals surface area contributed by atoms with Crippen LogP contribution in [0.15, 0.2) is 6.07 Å². The first-order chi connectivity index (χ1) is 8.15. The van der Waals surface area contributed by atoms with Crippen LogP contribution in [0.1, 0.15) is 21.7 Å². The van der Waals surface area contributed by atoms with Gasteiger partial charge >= 0.3 is 6.03 Å². The lowest BCUT2D eigenvalue weighted by atomic mass is 10.3. The normalized spacial score (nSPS) is 19.3. The molecule has 1 atom stereocenters. The van der Waals surface area contributed by atoms with Crippen LogP contribution in [-0.2, 0) is 11.3 Å². The molecule has 1 aliphatic heterocycles. The molecule has 2 amide bonds. The Morgan fingerprint density at radius 2 is 2.41 bits per heavy atom. The van der Waals surface area contributed by atoms with E-state index < -0.39 is 0 Å². The van der Waals surface area contributed by atoms with Gasteiger partial charge in [-0.15, -0.1) is 11.3 Å². The SMILES string of the molecule is Cc1cc(CNC(=O)NC2CCOC2)sc1C. The summed E-state index contributed by atoms with van der Waals surface area (Å²) in [5.41, 5.74) is 1.29. The Hall–Kier alpha value is -1.07. The number of hydrogen-bond donors (Lipinski definition) is 2. The average molecular weight is 254 g/mol. The van der Waals surface area contributed by atoms with Crippen LogP contribution in [0.25, 0.3) is 0 Å². The van der Waals surface area contributed by atoms with Crippen molar-refractivity contribution < 1.29 is 9.53 Å². The predicted octanol–water partition coefficient (Wildman–Crippen LogP) is 1.95. The van der Waals surface area contributed by atoms with Crippen molar-refractivity contribution >= 4 is 17.4 Å². The zero-order valence-electron chi connectivity index (χ0n) is 10.2. The standard InChI is InChI=1S/C12H18N2O2S/c1-8-5-11(17-9(8)2)6-13-12(15)14-10-3-4-16-7-10/h5,10H,3-4,6-7H2,1-2H3,(H2,13,14,15). The van der Waals surface area contributed by atoms with Crippen LogP contribution in [0.2, 0.25) is 0 Å². The molecule has 17 heavy (non-hydrogen) atoms. The highest BCUT2D eigenvalue weighted by Gasteiger charge is 2.17. The van der Waals surface area contributed by atoms with Crippen LogP contribution >= 0.6 is 11.3 Å². The topological polar surface area (TPSA) is 50.4 Å². The van der Waals surface area contributed by atoms with Gasteiger partial charge in [-0.2, -0.15) is 0 Å². The van der Waals surface area contributed by atoms with E-state index in [-0.39, 0.29) is 12.1 Å². The largest absolute Gasteiger partial charge is 0.379 e. The molecular formula is C12H18N2O2S. The van der Waals surface area contributed by atoms with Crippen LogP contribution in [0, 0.1) is 13.8 Å². The molecule has 1 aromatic heterocycles. The van der Waals surface area contributed by atoms with E-state index in [1.807, 2.05) is 0 Å². The molecule has 0 aromatic carbocycles. The second-order valence-corrected chi connectivity index (χ2v) is 5.68. The summed E-state index contributed by atoms with van der Waals surface area (Å²) in [5, 5.41) is 5.77. The van der Waals surface area contributed by atoms with E-state index in [1.165, 1.54) is 15.3 Å². The van der Waals surface area contributed by atoms with Gasteiger partial charge in [0.05, 0.1) is 19.2 Å². The molecule has 0 spiro atoms. The molecule has 5 heteroatoms. The number of thiophene rings is 1. The zero-order chi connectivity index (χ0) is 12.3. The van der Waals surface area contributed by atoms with Crippen molar-refractivity contribution in [3.8, 4) is 0 Å². The van der Waals surface area contributed by atoms with Gasteiger partial charge in [-0.3, -0.25) is 0 Å². The maximum Gasteiger partial charge on any atom is 0.315 e. The first-order valence-electron chi connectivity index (χ1n) is 5.83. The quantitative estimate of drug-likeness (QED) is 0.866. The fraction of sp³-hybridized carbons (Fsp3) is 0.583. The van der Waals surface area contributed by atoms with Crippen molar-refractivity contribution in [3.05, 3.63) is 21.4 Å². The number of nitrogens with one attached hydrogen (secondary N) is 2. The minimum Gasteiger partial charge on any atom is -0.379 e. The number of ether oxygens (including phenoxy) is 1. The van der Waals surface area contributed by atoms with E-state index in [0.717, 1.165) is 13.0 Å². The highest BCUT2D eigenvalue weighted by Crippen LogP contribution is 2.20. The maximum absolute atomic E-state index is 11.6. The van der Waals surface area contributed by atoms with Gasteiger partial charge < -0.3 is 15.4 Å². The van der Waals surface area contributed by atoms with Gasteiger partial charge in [-0.05, 0) is 31.9 Å². The van der Waals surface area contributed by atoms with Crippen LogP contribution in [0.3, 0.4) is 0 Å². The summed E-state index contributed by atoms with van der Waals surface area (Å²) in [6.07, 6.45) is 0.907. The van der Waals surface area contributed by atoms with Gasteiger partial charge in [0.15, 0.2) is 0 Å². The smallest absolute Gasteiger partial charge is 0.315 e. The zero-order valence-corrected chi connectivity index (χ0v) is 11.0. The van der Waals surface area contributed by atoms with Gasteiger partial charge in [0.2, 0.25) is 0 Å². The second-order valence-electron chi connectivity index (χ2n) is 4.34. The third-order valence-corrected chi connectivity index (χ3v) is 4.06. The van der Waals surface area contributed by atoms with Crippen LogP contribution in [0.5, 0.6) is 0 Å². The predicted molar refractivity (Wildman–Crippen MR) is 68.4 cm³/mol. The number of carbonyl (C=O) groups excluding carboxylic acids is 1. The summed E-state index contributed by atoms with van der Waals surface area (Å²) in [6.45, 7) is 6.16. The van der Waals surface area contributed by atoms with Gasteiger partial charge in [0.25, 0.3) is 0 Å². The Morgan fingerprint density at radius 3 is 3.00 bits per heavy atom. The van der Waals surface area contributed by atoms with E-state index in [9.17, 15) is 4.79 Å². The number of amides is 2. The van der Waals surface area contributed by atoms with Crippen molar-refractivity contribution in [3.63, 3.8) is 0 Å². The molecule has 94 valence electrons. The van der Waals surface area contributed by atoms with Crippen molar-refractivity contribution in [1.82, 2.24) is 10.6 Å². The summed E-state index contributed by atoms with van der Waals surface area (Å²) >= 11 is 1.73. The molecule has 2 N–H and O–H groups in total. The van der Waals surface area contributed by atoms with Crippen molar-refractivity contribution in [2.75, 3.05) is 13.2 Å². The van der Waals surface area contributed by atoms with Gasteiger partial charge in [0, 0.05) is 16.4 Å². The van der Waals surface area contributed by atoms with E-state index in [0.29, 0.717) is 13.2 Å². The van der Waals surface area contributed by atoms with E-state index in [4.69, 9.17) is 4.74 Å². The molecule has 0 radical (unpaired) electrons. The third kappa shape index (κ3) is 3.44. The highest BCUT2D eigenvalue weighted by atomic mass is 32.1. The fourth-order valence-corrected chi connectivity index (χ4v) is 2.78. The summed E-state index contributed by atoms with van der Waals surface area (Å²) in [6, 6.07) is 2.19. The number of rotatable bonds is 3. The Morgan fingerprint density at radius 1 is 1.59 bits per heavy atom. The van der Waals surface area contributed by atoms with Gasteiger partial charge in [0.1, 0.15) is 0 Å². The molecule has 1 saturated heterocycles. The average Bonchev–Trinajstić information content (AvgIpc) is 2.87. The first kappa shape index (κ1) is 12.4. The minimum atomic E-state index is -0.107. The molecule has 0 aliphatic carbocycles. The van der Waals surface area contributed by atoms with E-state index in [2.05, 4.69) is 30.5 Å². The third-order valence-electron chi connectivity index (χ3n) is 2.91. The summed E-state index contributed by atoms with van der Waals surface area (Å²) < 4.78 is 5.20. The molecular weight excluding hydrogens is 236 g/mol. The molecule has 2 heterocycles. The van der Waals surface area contributed by atoms with Gasteiger partial charge in [-0.25, -0.2) is 4.79 Å². The molecule has 0 saturated carbocycles. The van der Waals surface area contributed by atoms with Crippen LogP contribution in [-0.4, -0.2) is 25.3 Å². The number of urea groups is 1. The van der Waals surface area contributed by atoms with Crippen molar-refractivity contribution in [2.45, 2.75) is 32.9 Å². The Balaban J connectivity index is 1.75. The summed E-state index contributed by atoms with van der Waals surface area (Å²) in [5.74, 6) is 0. The Labute approximate surface area is 105 Å².